The first-order valence-electron chi connectivity index (χ1n) is 7.96. The highest BCUT2D eigenvalue weighted by Gasteiger charge is 2.59. The van der Waals surface area contributed by atoms with Crippen LogP contribution in [0.1, 0.15) is 54.9 Å². The van der Waals surface area contributed by atoms with Gasteiger partial charge in [0.15, 0.2) is 8.32 Å². The summed E-state index contributed by atoms with van der Waals surface area (Å²) in [5.41, 5.74) is -0.323. The molecule has 1 aliphatic heterocycles. The Morgan fingerprint density at radius 3 is 1.95 bits per heavy atom. The Kier molecular flexibility index (Phi) is 4.76. The molecule has 1 unspecified atom stereocenters. The van der Waals surface area contributed by atoms with E-state index in [9.17, 15) is 9.90 Å². The lowest BCUT2D eigenvalue weighted by atomic mass is 10.00. The molecule has 1 heterocycles. The van der Waals surface area contributed by atoms with Crippen LogP contribution in [0.25, 0.3) is 0 Å². The van der Waals surface area contributed by atoms with E-state index in [1.165, 1.54) is 0 Å². The van der Waals surface area contributed by atoms with Crippen LogP contribution in [-0.4, -0.2) is 48.2 Å². The lowest BCUT2D eigenvalue weighted by Crippen LogP contribution is -2.66. The van der Waals surface area contributed by atoms with E-state index in [0.717, 1.165) is 6.42 Å². The van der Waals surface area contributed by atoms with Gasteiger partial charge in [0, 0.05) is 6.42 Å². The van der Waals surface area contributed by atoms with Crippen LogP contribution in [0, 0.1) is 0 Å². The second kappa shape index (κ2) is 5.35. The summed E-state index contributed by atoms with van der Waals surface area (Å²) in [4.78, 5) is 12.0. The second-order valence-corrected chi connectivity index (χ2v) is 13.7. The average Bonchev–Trinajstić information content (AvgIpc) is 2.54. The number of nitrogens with zero attached hydrogens (tertiary/aromatic N) is 1. The summed E-state index contributed by atoms with van der Waals surface area (Å²) < 4.78 is 6.64. The molecule has 0 aromatic rings. The van der Waals surface area contributed by atoms with Crippen LogP contribution in [-0.2, 0) is 4.43 Å². The predicted molar refractivity (Wildman–Crippen MR) is 89.1 cm³/mol. The largest absolute Gasteiger partial charge is 0.514 e. The van der Waals surface area contributed by atoms with E-state index in [1.54, 1.807) is 0 Å². The predicted octanol–water partition coefficient (Wildman–Crippen LogP) is 4.46. The number of carbonyl (C=O) groups is 1. The Morgan fingerprint density at radius 1 is 1.19 bits per heavy atom. The molecule has 0 aromatic heterocycles. The van der Waals surface area contributed by atoms with Crippen molar-refractivity contribution in [1.29, 1.82) is 0 Å². The van der Waals surface area contributed by atoms with Crippen molar-refractivity contribution < 1.29 is 18.8 Å². The highest BCUT2D eigenvalue weighted by atomic mass is 28.4. The molecule has 0 radical (unpaired) electrons. The van der Waals surface area contributed by atoms with Gasteiger partial charge in [0.1, 0.15) is 17.7 Å². The van der Waals surface area contributed by atoms with Crippen LogP contribution in [0.3, 0.4) is 0 Å². The maximum Gasteiger partial charge on any atom is 0.514 e. The highest BCUT2D eigenvalue weighted by molar-refractivity contribution is 6.74. The Bertz CT molecular complexity index is 409. The van der Waals surface area contributed by atoms with Crippen LogP contribution in [0.15, 0.2) is 0 Å². The van der Waals surface area contributed by atoms with Gasteiger partial charge in [-0.25, -0.2) is 4.48 Å². The molecule has 124 valence electrons. The molecule has 4 nitrogen and oxygen atoms in total. The quantitative estimate of drug-likeness (QED) is 0.604. The summed E-state index contributed by atoms with van der Waals surface area (Å²) in [6.45, 7) is 19.9. The second-order valence-electron chi connectivity index (χ2n) is 8.99. The first-order chi connectivity index (χ1) is 9.17. The normalized spacial score (nSPS) is 31.5. The van der Waals surface area contributed by atoms with Crippen LogP contribution in [0.5, 0.6) is 0 Å². The van der Waals surface area contributed by atoms with Crippen LogP contribution in [0.4, 0.5) is 4.79 Å². The fourth-order valence-electron chi connectivity index (χ4n) is 3.28. The molecular weight excluding hydrogens is 282 g/mol. The van der Waals surface area contributed by atoms with Crippen molar-refractivity contribution in [3.05, 3.63) is 0 Å². The minimum Gasteiger partial charge on any atom is -0.435 e. The molecule has 1 aliphatic rings. The summed E-state index contributed by atoms with van der Waals surface area (Å²) in [5, 5.41) is 10.0. The smallest absolute Gasteiger partial charge is 0.435 e. The number of quaternary nitrogens is 1. The van der Waals surface area contributed by atoms with Crippen LogP contribution >= 0.6 is 0 Å². The van der Waals surface area contributed by atoms with Crippen molar-refractivity contribution in [2.75, 3.05) is 6.54 Å². The summed E-state index contributed by atoms with van der Waals surface area (Å²) >= 11 is 0. The number of amides is 1. The molecule has 1 N–H and O–H groups in total. The van der Waals surface area contributed by atoms with E-state index in [1.807, 2.05) is 27.7 Å². The Labute approximate surface area is 131 Å². The Morgan fingerprint density at radius 2 is 1.67 bits per heavy atom. The SMILES string of the molecule is C[C@@H]1[C@@H](O[Si](C)(C)C(C)(C)C)CC[N+]1(C(=O)O)C(C)(C)C. The standard InChI is InChI=1S/C16H33NO3Si/c1-12-13(20-21(8,9)16(5,6)7)10-11-17(12,14(18)19)15(2,3)4/h12-13H,10-11H2,1-9H3/p+1/t12-,13+,17?/m1/s1. The van der Waals surface area contributed by atoms with Crippen molar-refractivity contribution in [3.63, 3.8) is 0 Å². The molecule has 0 aliphatic carbocycles. The van der Waals surface area contributed by atoms with E-state index in [2.05, 4.69) is 33.9 Å². The monoisotopic (exact) mass is 316 g/mol. The molecule has 3 atom stereocenters. The lowest BCUT2D eigenvalue weighted by Gasteiger charge is -2.45. The van der Waals surface area contributed by atoms with Crippen molar-refractivity contribution >= 4 is 14.4 Å². The molecule has 0 saturated carbocycles. The zero-order valence-electron chi connectivity index (χ0n) is 15.3. The molecule has 1 amide bonds. The number of rotatable bonds is 2. The minimum atomic E-state index is -1.87. The van der Waals surface area contributed by atoms with Gasteiger partial charge in [-0.15, -0.1) is 0 Å². The van der Waals surface area contributed by atoms with Gasteiger partial charge in [-0.05, 0) is 45.8 Å². The Hall–Kier alpha value is -0.393. The molecule has 0 bridgehead atoms. The third-order valence-electron chi connectivity index (χ3n) is 5.79. The Balaban J connectivity index is 3.06. The molecule has 1 rings (SSSR count). The molecule has 5 heteroatoms. The van der Waals surface area contributed by atoms with Gasteiger partial charge < -0.3 is 9.53 Å². The maximum atomic E-state index is 12.0. The number of carboxylic acid groups (broad SMARTS) is 1. The van der Waals surface area contributed by atoms with Crippen molar-refractivity contribution in [2.45, 2.75) is 90.7 Å². The zero-order valence-corrected chi connectivity index (χ0v) is 16.3. The highest BCUT2D eigenvalue weighted by Crippen LogP contribution is 2.43. The van der Waals surface area contributed by atoms with Gasteiger partial charge in [0.25, 0.3) is 0 Å². The third-order valence-corrected chi connectivity index (χ3v) is 10.3. The molecule has 0 spiro atoms. The lowest BCUT2D eigenvalue weighted by molar-refractivity contribution is -0.914. The fourth-order valence-corrected chi connectivity index (χ4v) is 4.70. The van der Waals surface area contributed by atoms with E-state index in [-0.39, 0.29) is 27.2 Å². The van der Waals surface area contributed by atoms with Crippen molar-refractivity contribution in [3.8, 4) is 0 Å². The van der Waals surface area contributed by atoms with Gasteiger partial charge in [0.05, 0.1) is 6.54 Å². The van der Waals surface area contributed by atoms with Crippen LogP contribution < -0.4 is 0 Å². The molecule has 1 saturated heterocycles. The summed E-state index contributed by atoms with van der Waals surface area (Å²) in [5.74, 6) is 0. The fraction of sp³-hybridized carbons (Fsp3) is 0.938. The maximum absolute atomic E-state index is 12.0. The molecule has 0 aromatic carbocycles. The minimum absolute atomic E-state index is 0.0170. The zero-order chi connectivity index (χ0) is 16.9. The van der Waals surface area contributed by atoms with E-state index >= 15 is 0 Å². The molecule has 1 fully saturated rings. The molecule has 21 heavy (non-hydrogen) atoms. The molecular formula is C16H34NO3Si+. The third kappa shape index (κ3) is 3.05. The van der Waals surface area contributed by atoms with Gasteiger partial charge >= 0.3 is 6.09 Å². The van der Waals surface area contributed by atoms with Gasteiger partial charge in [-0.3, -0.25) is 0 Å². The number of hydrogen-bond donors (Lipinski definition) is 1. The number of likely N-dealkylation sites (tertiary alicyclic amines) is 1. The first kappa shape index (κ1) is 18.7. The van der Waals surface area contributed by atoms with Gasteiger partial charge in [0.2, 0.25) is 0 Å². The van der Waals surface area contributed by atoms with E-state index in [4.69, 9.17) is 4.43 Å². The number of hydrogen-bond acceptors (Lipinski definition) is 2. The van der Waals surface area contributed by atoms with E-state index in [0.29, 0.717) is 6.54 Å². The first-order valence-corrected chi connectivity index (χ1v) is 10.9. The summed E-state index contributed by atoms with van der Waals surface area (Å²) in [6, 6.07) is -0.0170. The average molecular weight is 317 g/mol. The van der Waals surface area contributed by atoms with Crippen LogP contribution in [0.2, 0.25) is 18.1 Å². The van der Waals surface area contributed by atoms with E-state index < -0.39 is 14.4 Å². The summed E-state index contributed by atoms with van der Waals surface area (Å²) in [7, 11) is -1.87. The topological polar surface area (TPSA) is 46.5 Å². The van der Waals surface area contributed by atoms with Crippen molar-refractivity contribution in [2.24, 2.45) is 0 Å². The summed E-state index contributed by atoms with van der Waals surface area (Å²) in [6.07, 6.45) is 0.148. The van der Waals surface area contributed by atoms with Gasteiger partial charge in [-0.2, -0.15) is 4.79 Å². The van der Waals surface area contributed by atoms with Crippen molar-refractivity contribution in [1.82, 2.24) is 0 Å². The van der Waals surface area contributed by atoms with Gasteiger partial charge in [-0.1, -0.05) is 20.8 Å².